The van der Waals surface area contributed by atoms with Crippen molar-refractivity contribution in [3.05, 3.63) is 34.9 Å². The van der Waals surface area contributed by atoms with Crippen LogP contribution in [0.5, 0.6) is 0 Å². The highest BCUT2D eigenvalue weighted by Crippen LogP contribution is 2.16. The monoisotopic (exact) mass is 244 g/mol. The van der Waals surface area contributed by atoms with Crippen molar-refractivity contribution in [3.63, 3.8) is 0 Å². The average molecular weight is 245 g/mol. The van der Waals surface area contributed by atoms with E-state index >= 15 is 0 Å². The zero-order valence-corrected chi connectivity index (χ0v) is 10.7. The van der Waals surface area contributed by atoms with Crippen LogP contribution in [0.25, 0.3) is 0 Å². The van der Waals surface area contributed by atoms with Crippen LogP contribution in [-0.4, -0.2) is 19.1 Å². The second-order valence-electron chi connectivity index (χ2n) is 3.16. The van der Waals surface area contributed by atoms with Crippen molar-refractivity contribution in [3.8, 4) is 0 Å². The summed E-state index contributed by atoms with van der Waals surface area (Å²) < 4.78 is 0. The minimum atomic E-state index is 0.311. The molecule has 4 heteroatoms. The smallest absolute Gasteiger partial charge is 0.105 e. The molecule has 0 fully saturated rings. The third kappa shape index (κ3) is 4.89. The lowest BCUT2D eigenvalue weighted by atomic mass is 10.2. The molecule has 1 aromatic rings. The van der Waals surface area contributed by atoms with E-state index in [9.17, 15) is 0 Å². The molecular weight excluding hydrogens is 228 g/mol. The lowest BCUT2D eigenvalue weighted by molar-refractivity contribution is 0.608. The maximum Gasteiger partial charge on any atom is 0.105 e. The third-order valence-corrected chi connectivity index (χ3v) is 3.47. The Kier molecular flexibility index (Phi) is 6.10. The summed E-state index contributed by atoms with van der Waals surface area (Å²) in [6, 6.07) is 7.99. The molecule has 0 radical (unpaired) electrons. The van der Waals surface area contributed by atoms with Gasteiger partial charge in [0.05, 0.1) is 0 Å². The first-order chi connectivity index (χ1) is 7.26. The van der Waals surface area contributed by atoms with Crippen LogP contribution in [0.3, 0.4) is 0 Å². The van der Waals surface area contributed by atoms with Crippen molar-refractivity contribution >= 4 is 23.4 Å². The van der Waals surface area contributed by atoms with E-state index in [0.29, 0.717) is 5.50 Å². The van der Waals surface area contributed by atoms with Gasteiger partial charge in [0.25, 0.3) is 0 Å². The van der Waals surface area contributed by atoms with Crippen LogP contribution >= 0.6 is 23.4 Å². The SMILES string of the molecule is CCNC(NC)SCc1ccc(Cl)cc1. The number of hydrogen-bond acceptors (Lipinski definition) is 3. The van der Waals surface area contributed by atoms with Crippen LogP contribution < -0.4 is 10.6 Å². The van der Waals surface area contributed by atoms with Crippen molar-refractivity contribution < 1.29 is 0 Å². The Morgan fingerprint density at radius 1 is 1.33 bits per heavy atom. The summed E-state index contributed by atoms with van der Waals surface area (Å²) in [4.78, 5) is 0. The maximum atomic E-state index is 5.82. The number of halogens is 1. The molecule has 1 atom stereocenters. The zero-order chi connectivity index (χ0) is 11.1. The van der Waals surface area contributed by atoms with Crippen molar-refractivity contribution in [1.82, 2.24) is 10.6 Å². The summed E-state index contributed by atoms with van der Waals surface area (Å²) in [5.74, 6) is 0.982. The molecule has 0 aromatic heterocycles. The van der Waals surface area contributed by atoms with E-state index in [4.69, 9.17) is 11.6 Å². The van der Waals surface area contributed by atoms with E-state index in [1.165, 1.54) is 5.56 Å². The Hall–Kier alpha value is -0.220. The fraction of sp³-hybridized carbons (Fsp3) is 0.455. The van der Waals surface area contributed by atoms with Crippen molar-refractivity contribution in [1.29, 1.82) is 0 Å². The lowest BCUT2D eigenvalue weighted by Gasteiger charge is -2.16. The third-order valence-electron chi connectivity index (χ3n) is 1.98. The van der Waals surface area contributed by atoms with Crippen LogP contribution in [0.1, 0.15) is 12.5 Å². The first-order valence-electron chi connectivity index (χ1n) is 5.03. The summed E-state index contributed by atoms with van der Waals surface area (Å²) in [6.07, 6.45) is 0. The van der Waals surface area contributed by atoms with Crippen LogP contribution in [-0.2, 0) is 5.75 Å². The second-order valence-corrected chi connectivity index (χ2v) is 4.69. The zero-order valence-electron chi connectivity index (χ0n) is 9.09. The van der Waals surface area contributed by atoms with E-state index < -0.39 is 0 Å². The van der Waals surface area contributed by atoms with Crippen molar-refractivity contribution in [2.45, 2.75) is 18.2 Å². The van der Waals surface area contributed by atoms with Gasteiger partial charge in [0.15, 0.2) is 0 Å². The molecule has 15 heavy (non-hydrogen) atoms. The first kappa shape index (κ1) is 12.8. The predicted octanol–water partition coefficient (Wildman–Crippen LogP) is 2.69. The van der Waals surface area contributed by atoms with E-state index in [1.54, 1.807) is 0 Å². The molecule has 2 nitrogen and oxygen atoms in total. The molecule has 0 aliphatic rings. The standard InChI is InChI=1S/C11H17ClN2S/c1-3-14-11(13-2)15-8-9-4-6-10(12)7-5-9/h4-7,11,13-14H,3,8H2,1-2H3. The minimum absolute atomic E-state index is 0.311. The predicted molar refractivity (Wildman–Crippen MR) is 69.3 cm³/mol. The van der Waals surface area contributed by atoms with E-state index in [2.05, 4.69) is 29.7 Å². The van der Waals surface area contributed by atoms with Gasteiger partial charge in [-0.15, -0.1) is 11.8 Å². The Morgan fingerprint density at radius 2 is 2.00 bits per heavy atom. The molecule has 0 aliphatic heterocycles. The van der Waals surface area contributed by atoms with Gasteiger partial charge in [0.2, 0.25) is 0 Å². The maximum absolute atomic E-state index is 5.82. The van der Waals surface area contributed by atoms with Gasteiger partial charge in [-0.25, -0.2) is 0 Å². The molecule has 2 N–H and O–H groups in total. The number of thioether (sulfide) groups is 1. The highest BCUT2D eigenvalue weighted by Gasteiger charge is 2.03. The Balaban J connectivity index is 2.38. The molecule has 0 saturated heterocycles. The largest absolute Gasteiger partial charge is 0.296 e. The van der Waals surface area contributed by atoms with E-state index in [-0.39, 0.29) is 0 Å². The highest BCUT2D eigenvalue weighted by molar-refractivity contribution is 7.99. The Labute approximate surface area is 101 Å². The molecule has 1 rings (SSSR count). The quantitative estimate of drug-likeness (QED) is 0.753. The fourth-order valence-corrected chi connectivity index (χ4v) is 2.32. The molecule has 0 amide bonds. The molecule has 0 saturated carbocycles. The van der Waals surface area contributed by atoms with Gasteiger partial charge in [-0.1, -0.05) is 30.7 Å². The number of hydrogen-bond donors (Lipinski definition) is 2. The molecule has 1 aromatic carbocycles. The minimum Gasteiger partial charge on any atom is -0.296 e. The van der Waals surface area contributed by atoms with Crippen LogP contribution in [0, 0.1) is 0 Å². The van der Waals surface area contributed by atoms with Gasteiger partial charge >= 0.3 is 0 Å². The van der Waals surface area contributed by atoms with Gasteiger partial charge < -0.3 is 0 Å². The lowest BCUT2D eigenvalue weighted by Crippen LogP contribution is -2.37. The molecule has 1 unspecified atom stereocenters. The topological polar surface area (TPSA) is 24.1 Å². The number of rotatable bonds is 6. The van der Waals surface area contributed by atoms with E-state index in [0.717, 1.165) is 17.3 Å². The van der Waals surface area contributed by atoms with Gasteiger partial charge in [-0.05, 0) is 31.3 Å². The molecule has 0 heterocycles. The summed E-state index contributed by atoms with van der Waals surface area (Å²) in [5, 5.41) is 7.34. The number of benzene rings is 1. The highest BCUT2D eigenvalue weighted by atomic mass is 35.5. The summed E-state index contributed by atoms with van der Waals surface area (Å²) in [5.41, 5.74) is 1.60. The average Bonchev–Trinajstić information content (AvgIpc) is 2.26. The molecular formula is C11H17ClN2S. The molecule has 0 spiro atoms. The van der Waals surface area contributed by atoms with Crippen LogP contribution in [0.4, 0.5) is 0 Å². The van der Waals surface area contributed by atoms with Crippen molar-refractivity contribution in [2.24, 2.45) is 0 Å². The summed E-state index contributed by atoms with van der Waals surface area (Å²) >= 11 is 7.66. The van der Waals surface area contributed by atoms with Gasteiger partial charge in [0.1, 0.15) is 5.50 Å². The van der Waals surface area contributed by atoms with Crippen molar-refractivity contribution in [2.75, 3.05) is 13.6 Å². The number of nitrogens with one attached hydrogen (secondary N) is 2. The van der Waals surface area contributed by atoms with Gasteiger partial charge in [0, 0.05) is 10.8 Å². The van der Waals surface area contributed by atoms with E-state index in [1.807, 2.05) is 30.9 Å². The molecule has 0 aliphatic carbocycles. The Morgan fingerprint density at radius 3 is 2.53 bits per heavy atom. The fourth-order valence-electron chi connectivity index (χ4n) is 1.19. The van der Waals surface area contributed by atoms with Gasteiger partial charge in [-0.2, -0.15) is 0 Å². The summed E-state index contributed by atoms with van der Waals surface area (Å²) in [7, 11) is 1.96. The normalized spacial score (nSPS) is 12.7. The summed E-state index contributed by atoms with van der Waals surface area (Å²) in [6.45, 7) is 3.08. The molecule has 0 bridgehead atoms. The first-order valence-corrected chi connectivity index (χ1v) is 6.45. The Bertz CT molecular complexity index is 276. The molecule has 84 valence electrons. The second kappa shape index (κ2) is 7.12. The van der Waals surface area contributed by atoms with Crippen LogP contribution in [0.2, 0.25) is 5.02 Å². The van der Waals surface area contributed by atoms with Crippen LogP contribution in [0.15, 0.2) is 24.3 Å². The van der Waals surface area contributed by atoms with Gasteiger partial charge in [-0.3, -0.25) is 10.6 Å².